The van der Waals surface area contributed by atoms with Gasteiger partial charge < -0.3 is 24.3 Å². The highest BCUT2D eigenvalue weighted by molar-refractivity contribution is 6.02. The Labute approximate surface area is 168 Å². The highest BCUT2D eigenvalue weighted by atomic mass is 16.5. The van der Waals surface area contributed by atoms with E-state index >= 15 is 0 Å². The number of esters is 1. The molecule has 0 fully saturated rings. The van der Waals surface area contributed by atoms with Crippen LogP contribution in [0.15, 0.2) is 42.5 Å². The van der Waals surface area contributed by atoms with Gasteiger partial charge in [0.05, 0.1) is 38.3 Å². The fourth-order valence-corrected chi connectivity index (χ4v) is 2.48. The topological polar surface area (TPSA) is 103 Å². The first-order chi connectivity index (χ1) is 13.9. The van der Waals surface area contributed by atoms with Gasteiger partial charge >= 0.3 is 12.1 Å². The second kappa shape index (κ2) is 9.98. The van der Waals surface area contributed by atoms with Crippen molar-refractivity contribution in [3.8, 4) is 11.5 Å². The average molecular weight is 402 g/mol. The smallest absolute Gasteiger partial charge is 0.413 e. The maximum absolute atomic E-state index is 12.4. The van der Waals surface area contributed by atoms with Crippen LogP contribution in [0.3, 0.4) is 0 Å². The number of benzene rings is 2. The predicted octanol–water partition coefficient (Wildman–Crippen LogP) is 2.70. The summed E-state index contributed by atoms with van der Waals surface area (Å²) >= 11 is 0. The van der Waals surface area contributed by atoms with Crippen LogP contribution in [0.1, 0.15) is 10.4 Å². The highest BCUT2D eigenvalue weighted by Gasteiger charge is 2.20. The summed E-state index contributed by atoms with van der Waals surface area (Å²) in [7, 11) is 5.65. The molecule has 0 saturated heterocycles. The molecule has 2 rings (SSSR count). The molecule has 0 aliphatic carbocycles. The first-order valence-corrected chi connectivity index (χ1v) is 8.51. The highest BCUT2D eigenvalue weighted by Crippen LogP contribution is 2.28. The molecule has 0 aromatic heterocycles. The van der Waals surface area contributed by atoms with Gasteiger partial charge in [-0.05, 0) is 24.3 Å². The van der Waals surface area contributed by atoms with Crippen LogP contribution >= 0.6 is 0 Å². The molecule has 0 radical (unpaired) electrons. The molecular formula is C20H22N2O7. The van der Waals surface area contributed by atoms with Gasteiger partial charge in [-0.2, -0.15) is 0 Å². The van der Waals surface area contributed by atoms with Gasteiger partial charge in [0.25, 0.3) is 5.91 Å². The summed E-state index contributed by atoms with van der Waals surface area (Å²) in [5.41, 5.74) is 0.783. The number of methoxy groups -OCH3 is 3. The molecule has 0 unspecified atom stereocenters. The number of carbonyl (C=O) groups is 3. The molecule has 0 bridgehead atoms. The molecule has 154 valence electrons. The molecule has 9 heteroatoms. The van der Waals surface area contributed by atoms with Crippen LogP contribution < -0.4 is 19.7 Å². The second-order valence-corrected chi connectivity index (χ2v) is 5.74. The van der Waals surface area contributed by atoms with E-state index in [0.717, 1.165) is 4.90 Å². The Kier molecular flexibility index (Phi) is 7.41. The van der Waals surface area contributed by atoms with E-state index in [1.807, 2.05) is 0 Å². The van der Waals surface area contributed by atoms with Gasteiger partial charge in [0.15, 0.2) is 6.61 Å². The lowest BCUT2D eigenvalue weighted by atomic mass is 10.1. The van der Waals surface area contributed by atoms with Crippen LogP contribution in [0.4, 0.5) is 16.2 Å². The number of ether oxygens (including phenoxy) is 4. The molecule has 0 aliphatic rings. The van der Waals surface area contributed by atoms with E-state index in [1.54, 1.807) is 36.4 Å². The fourth-order valence-electron chi connectivity index (χ4n) is 2.48. The van der Waals surface area contributed by atoms with E-state index in [4.69, 9.17) is 14.2 Å². The molecule has 0 heterocycles. The van der Waals surface area contributed by atoms with Crippen LogP contribution in [0.2, 0.25) is 0 Å². The molecule has 1 N–H and O–H groups in total. The molecular weight excluding hydrogens is 380 g/mol. The van der Waals surface area contributed by atoms with E-state index < -0.39 is 24.6 Å². The van der Waals surface area contributed by atoms with E-state index in [1.165, 1.54) is 34.4 Å². The minimum absolute atomic E-state index is 0.118. The second-order valence-electron chi connectivity index (χ2n) is 5.74. The zero-order valence-corrected chi connectivity index (χ0v) is 16.6. The lowest BCUT2D eigenvalue weighted by Gasteiger charge is -2.18. The Morgan fingerprint density at radius 2 is 1.72 bits per heavy atom. The third-order valence-electron chi connectivity index (χ3n) is 3.95. The normalized spacial score (nSPS) is 9.93. The SMILES string of the molecule is COC(=O)N(C)c1ccccc1C(=O)OCC(=O)Nc1cc(OC)ccc1OC. The Morgan fingerprint density at radius 1 is 1.00 bits per heavy atom. The van der Waals surface area contributed by atoms with Crippen molar-refractivity contribution in [2.45, 2.75) is 0 Å². The number of nitrogens with one attached hydrogen (secondary N) is 1. The molecule has 0 atom stereocenters. The lowest BCUT2D eigenvalue weighted by molar-refractivity contribution is -0.119. The van der Waals surface area contributed by atoms with Crippen molar-refractivity contribution in [2.24, 2.45) is 0 Å². The monoisotopic (exact) mass is 402 g/mol. The standard InChI is InChI=1S/C20H22N2O7/c1-22(20(25)28-4)16-8-6-5-7-14(16)19(24)29-12-18(23)21-15-11-13(26-2)9-10-17(15)27-3/h5-11H,12H2,1-4H3,(H,21,23). The summed E-state index contributed by atoms with van der Waals surface area (Å²) in [4.78, 5) is 37.6. The average Bonchev–Trinajstić information content (AvgIpc) is 2.76. The van der Waals surface area contributed by atoms with Crippen LogP contribution in [0.5, 0.6) is 11.5 Å². The Bertz CT molecular complexity index is 898. The molecule has 2 amide bonds. The molecule has 2 aromatic carbocycles. The van der Waals surface area contributed by atoms with Crippen LogP contribution in [0.25, 0.3) is 0 Å². The van der Waals surface area contributed by atoms with Crippen molar-refractivity contribution in [2.75, 3.05) is 45.2 Å². The van der Waals surface area contributed by atoms with Crippen molar-refractivity contribution in [1.82, 2.24) is 0 Å². The third kappa shape index (κ3) is 5.38. The van der Waals surface area contributed by atoms with Gasteiger partial charge in [0, 0.05) is 13.1 Å². The van der Waals surface area contributed by atoms with E-state index in [-0.39, 0.29) is 5.56 Å². The van der Waals surface area contributed by atoms with Gasteiger partial charge in [0.1, 0.15) is 11.5 Å². The third-order valence-corrected chi connectivity index (χ3v) is 3.95. The minimum Gasteiger partial charge on any atom is -0.497 e. The number of hydrogen-bond acceptors (Lipinski definition) is 7. The number of rotatable bonds is 7. The van der Waals surface area contributed by atoms with Crippen molar-refractivity contribution >= 4 is 29.3 Å². The van der Waals surface area contributed by atoms with Gasteiger partial charge in [-0.25, -0.2) is 9.59 Å². The van der Waals surface area contributed by atoms with Crippen LogP contribution in [-0.4, -0.2) is 53.0 Å². The summed E-state index contributed by atoms with van der Waals surface area (Å²) in [6, 6.07) is 11.2. The predicted molar refractivity (Wildman–Crippen MR) is 106 cm³/mol. The molecule has 0 aliphatic heterocycles. The van der Waals surface area contributed by atoms with Crippen LogP contribution in [0, 0.1) is 0 Å². The first kappa shape index (κ1) is 21.5. The lowest BCUT2D eigenvalue weighted by Crippen LogP contribution is -2.28. The molecule has 29 heavy (non-hydrogen) atoms. The first-order valence-electron chi connectivity index (χ1n) is 8.51. The Balaban J connectivity index is 2.07. The van der Waals surface area contributed by atoms with E-state index in [2.05, 4.69) is 10.1 Å². The Hall–Kier alpha value is -3.75. The summed E-state index contributed by atoms with van der Waals surface area (Å²) in [6.45, 7) is -0.532. The fraction of sp³-hybridized carbons (Fsp3) is 0.250. The van der Waals surface area contributed by atoms with Gasteiger partial charge in [-0.1, -0.05) is 12.1 Å². The number of hydrogen-bond donors (Lipinski definition) is 1. The number of anilines is 2. The van der Waals surface area contributed by atoms with Gasteiger partial charge in [0.2, 0.25) is 0 Å². The zero-order valence-electron chi connectivity index (χ0n) is 16.6. The summed E-state index contributed by atoms with van der Waals surface area (Å²) in [6.07, 6.45) is -0.645. The van der Waals surface area contributed by atoms with Crippen LogP contribution in [-0.2, 0) is 14.3 Å². The van der Waals surface area contributed by atoms with Crippen molar-refractivity contribution in [3.63, 3.8) is 0 Å². The summed E-state index contributed by atoms with van der Waals surface area (Å²) in [5.74, 6) is -0.374. The minimum atomic E-state index is -0.760. The van der Waals surface area contributed by atoms with Crippen molar-refractivity contribution in [1.29, 1.82) is 0 Å². The number of amides is 2. The van der Waals surface area contributed by atoms with Gasteiger partial charge in [-0.15, -0.1) is 0 Å². The zero-order chi connectivity index (χ0) is 21.4. The van der Waals surface area contributed by atoms with E-state index in [9.17, 15) is 14.4 Å². The van der Waals surface area contributed by atoms with Crippen molar-refractivity contribution < 1.29 is 33.3 Å². The number of para-hydroxylation sites is 1. The summed E-state index contributed by atoms with van der Waals surface area (Å²) in [5, 5.41) is 2.60. The molecule has 0 saturated carbocycles. The molecule has 9 nitrogen and oxygen atoms in total. The molecule has 0 spiro atoms. The number of nitrogens with zero attached hydrogens (tertiary/aromatic N) is 1. The largest absolute Gasteiger partial charge is 0.497 e. The van der Waals surface area contributed by atoms with E-state index in [0.29, 0.717) is 22.9 Å². The number of carbonyl (C=O) groups excluding carboxylic acids is 3. The maximum Gasteiger partial charge on any atom is 0.413 e. The van der Waals surface area contributed by atoms with Gasteiger partial charge in [-0.3, -0.25) is 9.69 Å². The quantitative estimate of drug-likeness (QED) is 0.710. The molecule has 2 aromatic rings. The summed E-state index contributed by atoms with van der Waals surface area (Å²) < 4.78 is 20.1. The maximum atomic E-state index is 12.4. The van der Waals surface area contributed by atoms with Crippen molar-refractivity contribution in [3.05, 3.63) is 48.0 Å². The Morgan fingerprint density at radius 3 is 2.38 bits per heavy atom.